The molecule has 0 aromatic heterocycles. The Morgan fingerprint density at radius 2 is 1.92 bits per heavy atom. The van der Waals surface area contributed by atoms with E-state index in [0.717, 1.165) is 25.9 Å². The van der Waals surface area contributed by atoms with Gasteiger partial charge in [0.2, 0.25) is 0 Å². The second-order valence-corrected chi connectivity index (χ2v) is 5.70. The van der Waals surface area contributed by atoms with Crippen molar-refractivity contribution in [2.24, 2.45) is 4.99 Å². The van der Waals surface area contributed by atoms with Gasteiger partial charge in [-0.1, -0.05) is 18.2 Å². The minimum Gasteiger partial charge on any atom is -0.405 e. The van der Waals surface area contributed by atoms with Crippen LogP contribution in [-0.4, -0.2) is 50.1 Å². The molecule has 1 aliphatic heterocycles. The van der Waals surface area contributed by atoms with Gasteiger partial charge in [0, 0.05) is 38.9 Å². The Kier molecular flexibility index (Phi) is 9.48. The van der Waals surface area contributed by atoms with Crippen molar-refractivity contribution in [1.82, 2.24) is 10.2 Å². The number of nitrogens with one attached hydrogen (secondary N) is 1. The van der Waals surface area contributed by atoms with Crippen LogP contribution in [0, 0.1) is 0 Å². The minimum atomic E-state index is -4.71. The zero-order chi connectivity index (χ0) is 18.3. The fourth-order valence-electron chi connectivity index (χ4n) is 2.85. The summed E-state index contributed by atoms with van der Waals surface area (Å²) >= 11 is 0. The number of alkyl halides is 3. The van der Waals surface area contributed by atoms with Gasteiger partial charge in [-0.15, -0.1) is 37.1 Å². The number of ether oxygens (including phenoxy) is 2. The molecule has 1 heterocycles. The molecular weight excluding hydrogens is 462 g/mol. The molecule has 9 heteroatoms. The van der Waals surface area contributed by atoms with E-state index < -0.39 is 6.36 Å². The van der Waals surface area contributed by atoms with Gasteiger partial charge in [0.05, 0.1) is 6.10 Å². The minimum absolute atomic E-state index is 0. The first-order valence-electron chi connectivity index (χ1n) is 8.33. The predicted molar refractivity (Wildman–Crippen MR) is 105 cm³/mol. The number of rotatable bonds is 5. The van der Waals surface area contributed by atoms with Crippen LogP contribution in [0.25, 0.3) is 0 Å². The van der Waals surface area contributed by atoms with E-state index >= 15 is 0 Å². The topological polar surface area (TPSA) is 46.1 Å². The zero-order valence-electron chi connectivity index (χ0n) is 14.9. The summed E-state index contributed by atoms with van der Waals surface area (Å²) in [5.74, 6) is 0.463. The molecule has 0 atom stereocenters. The van der Waals surface area contributed by atoms with Crippen LogP contribution in [0.15, 0.2) is 29.3 Å². The van der Waals surface area contributed by atoms with Crippen LogP contribution in [0.1, 0.15) is 25.3 Å². The third-order valence-corrected chi connectivity index (χ3v) is 3.99. The quantitative estimate of drug-likeness (QED) is 0.390. The average Bonchev–Trinajstić information content (AvgIpc) is 2.57. The van der Waals surface area contributed by atoms with E-state index in [0.29, 0.717) is 18.1 Å². The third-order valence-electron chi connectivity index (χ3n) is 3.99. The molecule has 1 saturated heterocycles. The van der Waals surface area contributed by atoms with Crippen molar-refractivity contribution in [1.29, 1.82) is 0 Å². The molecule has 2 rings (SSSR count). The lowest BCUT2D eigenvalue weighted by atomic mass is 10.1. The molecule has 1 aromatic carbocycles. The summed E-state index contributed by atoms with van der Waals surface area (Å²) in [5.41, 5.74) is 0.421. The SMILES string of the molecule is CCOC1CCN(C(=NC)NCc2ccccc2OC(F)(F)F)CC1.I. The first-order chi connectivity index (χ1) is 11.9. The van der Waals surface area contributed by atoms with E-state index in [2.05, 4.69) is 19.9 Å². The van der Waals surface area contributed by atoms with Gasteiger partial charge in [-0.05, 0) is 25.8 Å². The summed E-state index contributed by atoms with van der Waals surface area (Å²) in [6.07, 6.45) is -2.64. The highest BCUT2D eigenvalue weighted by Crippen LogP contribution is 2.26. The number of hydrogen-bond acceptors (Lipinski definition) is 3. The van der Waals surface area contributed by atoms with Gasteiger partial charge in [-0.2, -0.15) is 0 Å². The van der Waals surface area contributed by atoms with E-state index in [1.807, 2.05) is 6.92 Å². The lowest BCUT2D eigenvalue weighted by Crippen LogP contribution is -2.46. The molecule has 1 aromatic rings. The number of aliphatic imine (C=N–C) groups is 1. The maximum absolute atomic E-state index is 12.5. The summed E-state index contributed by atoms with van der Waals surface area (Å²) < 4.78 is 47.2. The zero-order valence-corrected chi connectivity index (χ0v) is 17.2. The van der Waals surface area contributed by atoms with Gasteiger partial charge < -0.3 is 19.7 Å². The van der Waals surface area contributed by atoms with Crippen molar-refractivity contribution >= 4 is 29.9 Å². The van der Waals surface area contributed by atoms with Crippen molar-refractivity contribution in [3.8, 4) is 5.75 Å². The molecule has 1 aliphatic rings. The van der Waals surface area contributed by atoms with Crippen LogP contribution >= 0.6 is 24.0 Å². The molecule has 0 saturated carbocycles. The van der Waals surface area contributed by atoms with Crippen LogP contribution in [0.4, 0.5) is 13.2 Å². The van der Waals surface area contributed by atoms with Crippen LogP contribution in [0.5, 0.6) is 5.75 Å². The first kappa shape index (κ1) is 22.8. The Hall–Kier alpha value is -1.23. The molecule has 148 valence electrons. The molecule has 26 heavy (non-hydrogen) atoms. The predicted octanol–water partition coefficient (Wildman–Crippen LogP) is 3.78. The normalized spacial score (nSPS) is 16.2. The number of guanidine groups is 1. The van der Waals surface area contributed by atoms with Gasteiger partial charge >= 0.3 is 6.36 Å². The van der Waals surface area contributed by atoms with Gasteiger partial charge in [0.1, 0.15) is 5.75 Å². The Bertz CT molecular complexity index is 577. The monoisotopic (exact) mass is 487 g/mol. The molecular formula is C17H25F3IN3O2. The number of halogens is 4. The molecule has 5 nitrogen and oxygen atoms in total. The van der Waals surface area contributed by atoms with E-state index in [1.54, 1.807) is 19.2 Å². The van der Waals surface area contributed by atoms with Crippen molar-refractivity contribution in [2.45, 2.75) is 38.8 Å². The summed E-state index contributed by atoms with van der Waals surface area (Å²) in [5, 5.41) is 3.12. The molecule has 0 bridgehead atoms. The van der Waals surface area contributed by atoms with E-state index in [-0.39, 0.29) is 42.4 Å². The van der Waals surface area contributed by atoms with E-state index in [4.69, 9.17) is 4.74 Å². The third kappa shape index (κ3) is 7.18. The second kappa shape index (κ2) is 10.8. The number of piperidine rings is 1. The molecule has 1 fully saturated rings. The van der Waals surface area contributed by atoms with Gasteiger partial charge in [-0.3, -0.25) is 4.99 Å². The Balaban J connectivity index is 0.00000338. The Morgan fingerprint density at radius 3 is 2.50 bits per heavy atom. The lowest BCUT2D eigenvalue weighted by Gasteiger charge is -2.34. The van der Waals surface area contributed by atoms with Gasteiger partial charge in [0.15, 0.2) is 5.96 Å². The summed E-state index contributed by atoms with van der Waals surface area (Å²) in [6, 6.07) is 6.10. The van der Waals surface area contributed by atoms with Crippen LogP contribution in [0.3, 0.4) is 0 Å². The molecule has 0 aliphatic carbocycles. The molecule has 0 spiro atoms. The summed E-state index contributed by atoms with van der Waals surface area (Å²) in [7, 11) is 1.66. The average molecular weight is 487 g/mol. The van der Waals surface area contributed by atoms with Crippen molar-refractivity contribution in [3.05, 3.63) is 29.8 Å². The van der Waals surface area contributed by atoms with Crippen LogP contribution in [0.2, 0.25) is 0 Å². The molecule has 1 N–H and O–H groups in total. The maximum Gasteiger partial charge on any atom is 0.573 e. The number of hydrogen-bond donors (Lipinski definition) is 1. The van der Waals surface area contributed by atoms with Crippen molar-refractivity contribution in [2.75, 3.05) is 26.7 Å². The smallest absolute Gasteiger partial charge is 0.405 e. The van der Waals surface area contributed by atoms with E-state index in [9.17, 15) is 13.2 Å². The highest BCUT2D eigenvalue weighted by Gasteiger charge is 2.32. The van der Waals surface area contributed by atoms with Crippen molar-refractivity contribution in [3.63, 3.8) is 0 Å². The second-order valence-electron chi connectivity index (χ2n) is 5.70. The number of benzene rings is 1. The highest BCUT2D eigenvalue weighted by atomic mass is 127. The maximum atomic E-state index is 12.5. The Morgan fingerprint density at radius 1 is 1.27 bits per heavy atom. The standard InChI is InChI=1S/C17H24F3N3O2.HI/c1-3-24-14-8-10-23(11-9-14)16(21-2)22-12-13-6-4-5-7-15(13)25-17(18,19)20;/h4-7,14H,3,8-12H2,1-2H3,(H,21,22);1H. The summed E-state index contributed by atoms with van der Waals surface area (Å²) in [4.78, 5) is 6.32. The fraction of sp³-hybridized carbons (Fsp3) is 0.588. The fourth-order valence-corrected chi connectivity index (χ4v) is 2.85. The lowest BCUT2D eigenvalue weighted by molar-refractivity contribution is -0.274. The number of para-hydroxylation sites is 1. The largest absolute Gasteiger partial charge is 0.573 e. The molecule has 0 radical (unpaired) electrons. The highest BCUT2D eigenvalue weighted by molar-refractivity contribution is 14.0. The van der Waals surface area contributed by atoms with Gasteiger partial charge in [-0.25, -0.2) is 0 Å². The van der Waals surface area contributed by atoms with E-state index in [1.165, 1.54) is 12.1 Å². The van der Waals surface area contributed by atoms with Crippen LogP contribution < -0.4 is 10.1 Å². The molecule has 0 unspecified atom stereocenters. The summed E-state index contributed by atoms with van der Waals surface area (Å²) in [6.45, 7) is 4.47. The number of nitrogens with zero attached hydrogens (tertiary/aromatic N) is 2. The van der Waals surface area contributed by atoms with Crippen molar-refractivity contribution < 1.29 is 22.6 Å². The molecule has 0 amide bonds. The Labute approximate surface area is 169 Å². The van der Waals surface area contributed by atoms with Gasteiger partial charge in [0.25, 0.3) is 0 Å². The van der Waals surface area contributed by atoms with Crippen LogP contribution in [-0.2, 0) is 11.3 Å². The number of likely N-dealkylation sites (tertiary alicyclic amines) is 1. The first-order valence-corrected chi connectivity index (χ1v) is 8.33.